The fourth-order valence-corrected chi connectivity index (χ4v) is 0.547. The summed E-state index contributed by atoms with van der Waals surface area (Å²) in [5.41, 5.74) is 6.47. The van der Waals surface area contributed by atoms with E-state index in [0.29, 0.717) is 0 Å². The number of hydrogen-bond acceptors (Lipinski definition) is 4. The first kappa shape index (κ1) is 9.61. The van der Waals surface area contributed by atoms with Crippen LogP contribution in [0.25, 0.3) is 0 Å². The third kappa shape index (κ3) is 4.07. The molecule has 0 aliphatic rings. The number of aliphatic hydroxyl groups is 1. The maximum Gasteiger partial charge on any atom is 0.330 e. The summed E-state index contributed by atoms with van der Waals surface area (Å²) in [5, 5.41) is 19.8. The number of aliphatic hydroxyl groups excluding tert-OH is 1. The van der Waals surface area contributed by atoms with Gasteiger partial charge in [0.25, 0.3) is 0 Å². The quantitative estimate of drug-likeness (QED) is 0.416. The molecule has 0 bridgehead atoms. The molecule has 0 amide bonds. The second-order valence-electron chi connectivity index (χ2n) is 2.09. The average Bonchev–Trinajstić information content (AvgIpc) is 1.87. The molecular formula is C6H10N2O3. The van der Waals surface area contributed by atoms with Gasteiger partial charge in [0, 0.05) is 6.42 Å². The van der Waals surface area contributed by atoms with E-state index in [4.69, 9.17) is 15.7 Å². The van der Waals surface area contributed by atoms with Gasteiger partial charge in [-0.05, 0) is 6.42 Å². The van der Waals surface area contributed by atoms with Gasteiger partial charge in [-0.25, -0.2) is 10.3 Å². The molecule has 0 radical (unpaired) electrons. The second kappa shape index (κ2) is 4.43. The van der Waals surface area contributed by atoms with Crippen LogP contribution in [-0.4, -0.2) is 22.2 Å². The summed E-state index contributed by atoms with van der Waals surface area (Å²) in [4.78, 5) is 10.2. The largest absolute Gasteiger partial charge is 0.513 e. The van der Waals surface area contributed by atoms with Crippen molar-refractivity contribution in [1.29, 1.82) is 5.53 Å². The lowest BCUT2D eigenvalue weighted by molar-refractivity contribution is -0.138. The summed E-state index contributed by atoms with van der Waals surface area (Å²) in [6.45, 7) is 3.18. The maximum atomic E-state index is 10.2. The molecule has 0 aromatic carbocycles. The molecule has 62 valence electrons. The topological polar surface area (TPSA) is 93.7 Å². The van der Waals surface area contributed by atoms with Crippen LogP contribution in [0.5, 0.6) is 0 Å². The van der Waals surface area contributed by atoms with Crippen molar-refractivity contribution in [3.8, 4) is 0 Å². The highest BCUT2D eigenvalue weighted by atomic mass is 16.4. The van der Waals surface area contributed by atoms with Gasteiger partial charge in [0.05, 0.1) is 5.76 Å². The van der Waals surface area contributed by atoms with E-state index >= 15 is 0 Å². The predicted molar refractivity (Wildman–Crippen MR) is 37.6 cm³/mol. The third-order valence-electron chi connectivity index (χ3n) is 1.15. The van der Waals surface area contributed by atoms with Gasteiger partial charge in [0.1, 0.15) is 0 Å². The van der Waals surface area contributed by atoms with Gasteiger partial charge >= 0.3 is 5.97 Å². The fourth-order valence-electron chi connectivity index (χ4n) is 0.547. The zero-order chi connectivity index (χ0) is 8.85. The highest BCUT2D eigenvalue weighted by Gasteiger charge is 2.15. The lowest BCUT2D eigenvalue weighted by atomic mass is 10.1. The van der Waals surface area contributed by atoms with E-state index in [1.165, 1.54) is 0 Å². The summed E-state index contributed by atoms with van der Waals surface area (Å²) in [6, 6.07) is -1.06. The molecular weight excluding hydrogens is 148 g/mol. The standard InChI is InChI=1S/C6H10N2O3/c1-4(9)2-3-5(8-7)6(10)11/h5,7,9H,1-3H2,(H,10,11)/t5-/m0/s1. The molecule has 0 aromatic heterocycles. The van der Waals surface area contributed by atoms with Crippen molar-refractivity contribution in [3.05, 3.63) is 12.3 Å². The number of rotatable bonds is 5. The molecule has 0 unspecified atom stereocenters. The normalized spacial score (nSPS) is 12.0. The van der Waals surface area contributed by atoms with Crippen LogP contribution in [-0.2, 0) is 4.79 Å². The predicted octanol–water partition coefficient (Wildman–Crippen LogP) is 1.32. The molecule has 0 aliphatic carbocycles. The molecule has 5 heteroatoms. The molecule has 3 N–H and O–H groups in total. The smallest absolute Gasteiger partial charge is 0.330 e. The van der Waals surface area contributed by atoms with Crippen molar-refractivity contribution < 1.29 is 15.0 Å². The third-order valence-corrected chi connectivity index (χ3v) is 1.15. The van der Waals surface area contributed by atoms with Gasteiger partial charge < -0.3 is 10.2 Å². The van der Waals surface area contributed by atoms with E-state index in [1.54, 1.807) is 0 Å². The van der Waals surface area contributed by atoms with Crippen LogP contribution < -0.4 is 0 Å². The zero-order valence-corrected chi connectivity index (χ0v) is 5.95. The minimum atomic E-state index is -1.15. The number of carboxylic acids is 1. The Kier molecular flexibility index (Phi) is 3.87. The van der Waals surface area contributed by atoms with E-state index in [-0.39, 0.29) is 18.6 Å². The first-order chi connectivity index (χ1) is 5.07. The van der Waals surface area contributed by atoms with Crippen molar-refractivity contribution >= 4 is 5.97 Å². The van der Waals surface area contributed by atoms with Gasteiger partial charge in [-0.2, -0.15) is 5.11 Å². The lowest BCUT2D eigenvalue weighted by Gasteiger charge is -2.02. The van der Waals surface area contributed by atoms with E-state index in [9.17, 15) is 4.79 Å². The van der Waals surface area contributed by atoms with E-state index in [2.05, 4.69) is 11.7 Å². The SMILES string of the molecule is C=C(O)CC[C@H](N=N)C(=O)O. The van der Waals surface area contributed by atoms with Gasteiger partial charge in [0.2, 0.25) is 0 Å². The molecule has 0 saturated carbocycles. The first-order valence-corrected chi connectivity index (χ1v) is 3.04. The van der Waals surface area contributed by atoms with Crippen molar-refractivity contribution in [2.45, 2.75) is 18.9 Å². The van der Waals surface area contributed by atoms with E-state index in [0.717, 1.165) is 0 Å². The molecule has 0 saturated heterocycles. The first-order valence-electron chi connectivity index (χ1n) is 3.04. The summed E-state index contributed by atoms with van der Waals surface area (Å²) in [5.74, 6) is -1.24. The van der Waals surface area contributed by atoms with Crippen LogP contribution in [0.4, 0.5) is 0 Å². The van der Waals surface area contributed by atoms with Gasteiger partial charge in [-0.15, -0.1) is 0 Å². The number of nitrogens with one attached hydrogen (secondary N) is 1. The summed E-state index contributed by atoms with van der Waals surface area (Å²) < 4.78 is 0. The Morgan fingerprint density at radius 3 is 2.45 bits per heavy atom. The highest BCUT2D eigenvalue weighted by Crippen LogP contribution is 2.05. The molecule has 0 spiro atoms. The van der Waals surface area contributed by atoms with E-state index in [1.807, 2.05) is 0 Å². The monoisotopic (exact) mass is 158 g/mol. The van der Waals surface area contributed by atoms with E-state index < -0.39 is 12.0 Å². The zero-order valence-electron chi connectivity index (χ0n) is 5.95. The molecule has 0 aromatic rings. The number of nitrogens with zero attached hydrogens (tertiary/aromatic N) is 1. The van der Waals surface area contributed by atoms with Crippen LogP contribution in [0.3, 0.4) is 0 Å². The Morgan fingerprint density at radius 1 is 1.64 bits per heavy atom. The number of allylic oxidation sites excluding steroid dienone is 1. The maximum absolute atomic E-state index is 10.2. The van der Waals surface area contributed by atoms with Crippen molar-refractivity contribution in [3.63, 3.8) is 0 Å². The summed E-state index contributed by atoms with van der Waals surface area (Å²) in [6.07, 6.45) is 0.285. The molecule has 0 rings (SSSR count). The Morgan fingerprint density at radius 2 is 2.18 bits per heavy atom. The Labute approximate surface area is 63.9 Å². The van der Waals surface area contributed by atoms with Gasteiger partial charge in [-0.3, -0.25) is 0 Å². The van der Waals surface area contributed by atoms with Gasteiger partial charge in [0.15, 0.2) is 6.04 Å². The molecule has 0 heterocycles. The van der Waals surface area contributed by atoms with Gasteiger partial charge in [-0.1, -0.05) is 6.58 Å². The molecule has 0 fully saturated rings. The van der Waals surface area contributed by atoms with Crippen molar-refractivity contribution in [2.24, 2.45) is 5.11 Å². The van der Waals surface area contributed by atoms with Crippen LogP contribution in [0.2, 0.25) is 0 Å². The second-order valence-corrected chi connectivity index (χ2v) is 2.09. The molecule has 11 heavy (non-hydrogen) atoms. The molecule has 5 nitrogen and oxygen atoms in total. The summed E-state index contributed by atoms with van der Waals surface area (Å²) >= 11 is 0. The Balaban J connectivity index is 3.79. The van der Waals surface area contributed by atoms with Crippen LogP contribution in [0.15, 0.2) is 17.5 Å². The van der Waals surface area contributed by atoms with Crippen LogP contribution >= 0.6 is 0 Å². The number of carboxylic acid groups (broad SMARTS) is 1. The van der Waals surface area contributed by atoms with Crippen molar-refractivity contribution in [2.75, 3.05) is 0 Å². The minimum Gasteiger partial charge on any atom is -0.513 e. The lowest BCUT2D eigenvalue weighted by Crippen LogP contribution is -2.16. The number of aliphatic carboxylic acids is 1. The van der Waals surface area contributed by atoms with Crippen molar-refractivity contribution in [1.82, 2.24) is 0 Å². The Hall–Kier alpha value is -1.39. The minimum absolute atomic E-state index is 0.0834. The summed E-state index contributed by atoms with van der Waals surface area (Å²) in [7, 11) is 0. The fraction of sp³-hybridized carbons (Fsp3) is 0.500. The van der Waals surface area contributed by atoms with Crippen LogP contribution in [0, 0.1) is 5.53 Å². The number of hydrogen-bond donors (Lipinski definition) is 3. The molecule has 0 aliphatic heterocycles. The number of carbonyl (C=O) groups is 1. The molecule has 1 atom stereocenters. The Bertz CT molecular complexity index is 179. The average molecular weight is 158 g/mol. The van der Waals surface area contributed by atoms with Crippen LogP contribution in [0.1, 0.15) is 12.8 Å². The highest BCUT2D eigenvalue weighted by molar-refractivity contribution is 5.73.